The Morgan fingerprint density at radius 3 is 2.45 bits per heavy atom. The molecule has 0 aliphatic carbocycles. The van der Waals surface area contributed by atoms with Gasteiger partial charge in [-0.1, -0.05) is 30.3 Å². The minimum absolute atomic E-state index is 0.285. The van der Waals surface area contributed by atoms with Gasteiger partial charge in [-0.2, -0.15) is 13.2 Å². The molecule has 0 spiro atoms. The SMILES string of the molecule is O=C1N[C@@H](CCc2ccccc2)C(=O)N1C[C@@H](O)C(F)(F)F. The molecule has 0 radical (unpaired) electrons. The highest BCUT2D eigenvalue weighted by Crippen LogP contribution is 2.22. The Hall–Kier alpha value is -2.09. The number of imide groups is 1. The van der Waals surface area contributed by atoms with Crippen LogP contribution in [0.4, 0.5) is 18.0 Å². The van der Waals surface area contributed by atoms with Crippen LogP contribution in [0.5, 0.6) is 0 Å². The van der Waals surface area contributed by atoms with Gasteiger partial charge in [0.05, 0.1) is 6.54 Å². The fraction of sp³-hybridized carbons (Fsp3) is 0.429. The lowest BCUT2D eigenvalue weighted by Gasteiger charge is -2.19. The molecule has 0 aromatic heterocycles. The van der Waals surface area contributed by atoms with Crippen molar-refractivity contribution in [2.24, 2.45) is 0 Å². The van der Waals surface area contributed by atoms with Gasteiger partial charge in [-0.15, -0.1) is 0 Å². The Kier molecular flexibility index (Phi) is 4.70. The van der Waals surface area contributed by atoms with Crippen LogP contribution in [-0.4, -0.2) is 46.8 Å². The summed E-state index contributed by atoms with van der Waals surface area (Å²) < 4.78 is 36.9. The van der Waals surface area contributed by atoms with Crippen molar-refractivity contribution in [3.05, 3.63) is 35.9 Å². The summed E-state index contributed by atoms with van der Waals surface area (Å²) in [6.07, 6.45) is -6.82. The first-order chi connectivity index (χ1) is 10.3. The van der Waals surface area contributed by atoms with Gasteiger partial charge in [0, 0.05) is 0 Å². The van der Waals surface area contributed by atoms with Crippen LogP contribution >= 0.6 is 0 Å². The van der Waals surface area contributed by atoms with Crippen LogP contribution in [0.1, 0.15) is 12.0 Å². The third-order valence-electron chi connectivity index (χ3n) is 3.40. The quantitative estimate of drug-likeness (QED) is 0.808. The van der Waals surface area contributed by atoms with Crippen molar-refractivity contribution < 1.29 is 27.9 Å². The Morgan fingerprint density at radius 2 is 1.86 bits per heavy atom. The van der Waals surface area contributed by atoms with Gasteiger partial charge >= 0.3 is 12.2 Å². The molecule has 5 nitrogen and oxygen atoms in total. The zero-order valence-electron chi connectivity index (χ0n) is 11.5. The number of carbonyl (C=O) groups is 2. The number of aliphatic hydroxyl groups excluding tert-OH is 1. The van der Waals surface area contributed by atoms with E-state index in [0.29, 0.717) is 11.3 Å². The number of nitrogens with zero attached hydrogens (tertiary/aromatic N) is 1. The number of β-amino-alcohol motifs (C(OH)–C–C–N with tert-alkyl or cyclic N) is 1. The lowest BCUT2D eigenvalue weighted by atomic mass is 10.1. The number of halogens is 3. The highest BCUT2D eigenvalue weighted by atomic mass is 19.4. The lowest BCUT2D eigenvalue weighted by Crippen LogP contribution is -2.44. The summed E-state index contributed by atoms with van der Waals surface area (Å²) in [4.78, 5) is 24.0. The van der Waals surface area contributed by atoms with Gasteiger partial charge in [0.1, 0.15) is 6.04 Å². The molecule has 0 bridgehead atoms. The Balaban J connectivity index is 1.94. The van der Waals surface area contributed by atoms with Gasteiger partial charge in [0.2, 0.25) is 0 Å². The topological polar surface area (TPSA) is 69.6 Å². The van der Waals surface area contributed by atoms with Crippen molar-refractivity contribution in [2.75, 3.05) is 6.54 Å². The molecule has 8 heteroatoms. The van der Waals surface area contributed by atoms with Crippen molar-refractivity contribution in [3.63, 3.8) is 0 Å². The third kappa shape index (κ3) is 3.76. The molecule has 3 amide bonds. The van der Waals surface area contributed by atoms with E-state index in [1.165, 1.54) is 0 Å². The number of nitrogens with one attached hydrogen (secondary N) is 1. The van der Waals surface area contributed by atoms with E-state index >= 15 is 0 Å². The Labute approximate surface area is 124 Å². The number of carbonyl (C=O) groups excluding carboxylic acids is 2. The molecular formula is C14H15F3N2O3. The molecule has 22 heavy (non-hydrogen) atoms. The highest BCUT2D eigenvalue weighted by molar-refractivity contribution is 6.04. The second-order valence-electron chi connectivity index (χ2n) is 5.03. The first kappa shape index (κ1) is 16.3. The summed E-state index contributed by atoms with van der Waals surface area (Å²) >= 11 is 0. The average molecular weight is 316 g/mol. The number of hydrogen-bond acceptors (Lipinski definition) is 3. The maximum atomic E-state index is 12.3. The van der Waals surface area contributed by atoms with Gasteiger partial charge < -0.3 is 10.4 Å². The molecule has 2 atom stereocenters. The smallest absolute Gasteiger partial charge is 0.382 e. The zero-order chi connectivity index (χ0) is 16.3. The van der Waals surface area contributed by atoms with Crippen LogP contribution in [0.15, 0.2) is 30.3 Å². The number of benzene rings is 1. The molecule has 1 aliphatic rings. The van der Waals surface area contributed by atoms with Crippen molar-refractivity contribution >= 4 is 11.9 Å². The molecule has 1 saturated heterocycles. The number of aryl methyl sites for hydroxylation is 1. The molecule has 1 fully saturated rings. The molecule has 2 N–H and O–H groups in total. The van der Waals surface area contributed by atoms with Gasteiger partial charge in [-0.05, 0) is 18.4 Å². The van der Waals surface area contributed by atoms with E-state index in [2.05, 4.69) is 5.32 Å². The van der Waals surface area contributed by atoms with Crippen molar-refractivity contribution in [1.82, 2.24) is 10.2 Å². The molecule has 1 aromatic carbocycles. The van der Waals surface area contributed by atoms with Crippen molar-refractivity contribution in [1.29, 1.82) is 0 Å². The Bertz CT molecular complexity index is 548. The maximum absolute atomic E-state index is 12.3. The van der Waals surface area contributed by atoms with Gasteiger partial charge in [-0.3, -0.25) is 9.69 Å². The fourth-order valence-corrected chi connectivity index (χ4v) is 2.18. The zero-order valence-corrected chi connectivity index (χ0v) is 11.5. The summed E-state index contributed by atoms with van der Waals surface area (Å²) in [6, 6.07) is 7.43. The number of rotatable bonds is 5. The van der Waals surface area contributed by atoms with Crippen LogP contribution in [0.25, 0.3) is 0 Å². The van der Waals surface area contributed by atoms with Gasteiger partial charge in [-0.25, -0.2) is 4.79 Å². The van der Waals surface area contributed by atoms with Crippen LogP contribution in [0.2, 0.25) is 0 Å². The van der Waals surface area contributed by atoms with Crippen LogP contribution in [-0.2, 0) is 11.2 Å². The standard InChI is InChI=1S/C14H15F3N2O3/c15-14(16,17)11(20)8-19-12(21)10(18-13(19)22)7-6-9-4-2-1-3-5-9/h1-5,10-11,20H,6-8H2,(H,18,22)/t10-,11+/m0/s1. The van der Waals surface area contributed by atoms with Crippen LogP contribution < -0.4 is 5.32 Å². The minimum Gasteiger partial charge on any atom is -0.382 e. The lowest BCUT2D eigenvalue weighted by molar-refractivity contribution is -0.206. The van der Waals surface area contributed by atoms with E-state index in [-0.39, 0.29) is 6.42 Å². The first-order valence-corrected chi connectivity index (χ1v) is 6.69. The monoisotopic (exact) mass is 316 g/mol. The van der Waals surface area contributed by atoms with Crippen molar-refractivity contribution in [2.45, 2.75) is 31.2 Å². The largest absolute Gasteiger partial charge is 0.416 e. The second-order valence-corrected chi connectivity index (χ2v) is 5.03. The molecule has 0 saturated carbocycles. The number of hydrogen-bond donors (Lipinski definition) is 2. The molecule has 120 valence electrons. The van der Waals surface area contributed by atoms with E-state index in [4.69, 9.17) is 5.11 Å². The van der Waals surface area contributed by atoms with Gasteiger partial charge in [0.15, 0.2) is 6.10 Å². The van der Waals surface area contributed by atoms with E-state index in [1.807, 2.05) is 30.3 Å². The fourth-order valence-electron chi connectivity index (χ4n) is 2.18. The minimum atomic E-state index is -4.87. The average Bonchev–Trinajstić information content (AvgIpc) is 2.73. The molecule has 1 aromatic rings. The maximum Gasteiger partial charge on any atom is 0.416 e. The molecule has 2 rings (SSSR count). The summed E-state index contributed by atoms with van der Waals surface area (Å²) in [7, 11) is 0. The summed E-state index contributed by atoms with van der Waals surface area (Å²) in [5, 5.41) is 11.3. The number of aliphatic hydroxyl groups is 1. The third-order valence-corrected chi connectivity index (χ3v) is 3.40. The summed E-state index contributed by atoms with van der Waals surface area (Å²) in [5.41, 5.74) is 0.957. The predicted octanol–water partition coefficient (Wildman–Crippen LogP) is 1.46. The van der Waals surface area contributed by atoms with E-state index in [0.717, 1.165) is 5.56 Å². The molecule has 0 unspecified atom stereocenters. The second kappa shape index (κ2) is 6.35. The normalized spacial score (nSPS) is 20.2. The molecule has 1 aliphatic heterocycles. The number of alkyl halides is 3. The molecule has 1 heterocycles. The molecular weight excluding hydrogens is 301 g/mol. The first-order valence-electron chi connectivity index (χ1n) is 6.69. The van der Waals surface area contributed by atoms with E-state index in [1.54, 1.807) is 0 Å². The summed E-state index contributed by atoms with van der Waals surface area (Å²) in [6.45, 7) is -1.09. The number of urea groups is 1. The van der Waals surface area contributed by atoms with Crippen molar-refractivity contribution in [3.8, 4) is 0 Å². The van der Waals surface area contributed by atoms with Crippen LogP contribution in [0.3, 0.4) is 0 Å². The predicted molar refractivity (Wildman–Crippen MR) is 70.9 cm³/mol. The Morgan fingerprint density at radius 1 is 1.23 bits per heavy atom. The van der Waals surface area contributed by atoms with Gasteiger partial charge in [0.25, 0.3) is 5.91 Å². The highest BCUT2D eigenvalue weighted by Gasteiger charge is 2.45. The van der Waals surface area contributed by atoms with Crippen LogP contribution in [0, 0.1) is 0 Å². The van der Waals surface area contributed by atoms with E-state index < -0.39 is 36.8 Å². The number of amides is 3. The summed E-state index contributed by atoms with van der Waals surface area (Å²) in [5.74, 6) is -0.746. The van der Waals surface area contributed by atoms with E-state index in [9.17, 15) is 22.8 Å².